The van der Waals surface area contributed by atoms with Crippen LogP contribution in [0.2, 0.25) is 13.1 Å². The smallest absolute Gasteiger partial charge is 0.230 e. The van der Waals surface area contributed by atoms with Crippen molar-refractivity contribution < 1.29 is 17.2 Å². The van der Waals surface area contributed by atoms with E-state index >= 15 is 0 Å². The van der Waals surface area contributed by atoms with Crippen molar-refractivity contribution >= 4 is 16.5 Å². The zero-order chi connectivity index (χ0) is 12.4. The molecule has 0 amide bonds. The first-order chi connectivity index (χ1) is 7.27. The van der Waals surface area contributed by atoms with Crippen LogP contribution in [0.4, 0.5) is 8.78 Å². The lowest BCUT2D eigenvalue weighted by molar-refractivity contribution is 0.237. The summed E-state index contributed by atoms with van der Waals surface area (Å²) >= 11 is 0. The quantitative estimate of drug-likeness (QED) is 0.783. The highest BCUT2D eigenvalue weighted by Gasteiger charge is 2.43. The van der Waals surface area contributed by atoms with Crippen LogP contribution >= 0.6 is 0 Å². The Kier molecular flexibility index (Phi) is 3.85. The van der Waals surface area contributed by atoms with Gasteiger partial charge in [-0.15, -0.1) is 0 Å². The maximum Gasteiger partial charge on any atom is 0.330 e. The molecule has 0 saturated heterocycles. The van der Waals surface area contributed by atoms with Crippen LogP contribution in [0.5, 0.6) is 0 Å². The molecule has 0 bridgehead atoms. The van der Waals surface area contributed by atoms with E-state index in [4.69, 9.17) is 0 Å². The van der Waals surface area contributed by atoms with E-state index in [9.17, 15) is 17.2 Å². The number of hydrogen-bond acceptors (Lipinski definition) is 2. The molecule has 1 aromatic carbocycles. The van der Waals surface area contributed by atoms with Crippen molar-refractivity contribution in [2.75, 3.05) is 0 Å². The van der Waals surface area contributed by atoms with Gasteiger partial charge < -0.3 is 0 Å². The lowest BCUT2D eigenvalue weighted by Gasteiger charge is -2.21. The summed E-state index contributed by atoms with van der Waals surface area (Å²) in [4.78, 5) is 0. The maximum atomic E-state index is 12.5. The van der Waals surface area contributed by atoms with E-state index in [1.807, 2.05) is 0 Å². The van der Waals surface area contributed by atoms with Gasteiger partial charge in [-0.2, -0.15) is 8.78 Å². The van der Waals surface area contributed by atoms with E-state index < -0.39 is 22.3 Å². The van der Waals surface area contributed by atoms with Crippen LogP contribution in [0, 0.1) is 0 Å². The molecule has 0 aliphatic carbocycles. The zero-order valence-electron chi connectivity index (χ0n) is 9.15. The molecule has 16 heavy (non-hydrogen) atoms. The van der Waals surface area contributed by atoms with E-state index in [0.29, 0.717) is 0 Å². The van der Waals surface area contributed by atoms with Gasteiger partial charge in [-0.05, 0) is 11.6 Å². The van der Waals surface area contributed by atoms with E-state index in [1.165, 1.54) is 13.1 Å². The molecule has 2 nitrogen and oxygen atoms in total. The minimum Gasteiger partial charge on any atom is -0.230 e. The Hall–Kier alpha value is -0.753. The lowest BCUT2D eigenvalue weighted by Crippen LogP contribution is -2.43. The summed E-state index contributed by atoms with van der Waals surface area (Å²) in [6.07, 6.45) is 0. The van der Waals surface area contributed by atoms with Gasteiger partial charge in [-0.25, -0.2) is 8.42 Å². The molecule has 0 unspecified atom stereocenters. The molecular formula is C10H14F2O2SSi. The molecule has 0 heterocycles. The highest BCUT2D eigenvalue weighted by atomic mass is 32.4. The molecule has 0 saturated carbocycles. The number of benzene rings is 1. The topological polar surface area (TPSA) is 34.1 Å². The van der Waals surface area contributed by atoms with E-state index in [-0.39, 0.29) is 6.04 Å². The molecule has 90 valence electrons. The monoisotopic (exact) mass is 264 g/mol. The first-order valence-corrected chi connectivity index (χ1v) is 10.3. The zero-order valence-corrected chi connectivity index (χ0v) is 11.0. The maximum absolute atomic E-state index is 12.5. The molecule has 0 fully saturated rings. The molecule has 0 aromatic heterocycles. The molecule has 0 radical (unpaired) electrons. The Morgan fingerprint density at radius 1 is 1.19 bits per heavy atom. The third-order valence-corrected chi connectivity index (χ3v) is 11.3. The molecule has 0 atom stereocenters. The largest absolute Gasteiger partial charge is 0.330 e. The Morgan fingerprint density at radius 2 is 1.69 bits per heavy atom. The number of rotatable bonds is 4. The number of halogens is 2. The molecule has 0 aliphatic rings. The highest BCUT2D eigenvalue weighted by Crippen LogP contribution is 2.23. The van der Waals surface area contributed by atoms with Gasteiger partial charge in [0.15, 0.2) is 9.29 Å². The second-order valence-corrected chi connectivity index (χ2v) is 14.6. The summed E-state index contributed by atoms with van der Waals surface area (Å²) in [6, 6.07) is 9.09. The van der Waals surface area contributed by atoms with Crippen molar-refractivity contribution in [1.82, 2.24) is 0 Å². The van der Waals surface area contributed by atoms with Gasteiger partial charge in [-0.3, -0.25) is 0 Å². The summed E-state index contributed by atoms with van der Waals surface area (Å²) in [5, 5.41) is 0. The van der Waals surface area contributed by atoms with Gasteiger partial charge in [0, 0.05) is 0 Å². The van der Waals surface area contributed by atoms with Crippen LogP contribution < -0.4 is 0 Å². The Bertz CT molecular complexity index is 443. The molecule has 0 spiro atoms. The van der Waals surface area contributed by atoms with Gasteiger partial charge in [0.1, 0.15) is 0 Å². The second kappa shape index (κ2) is 4.63. The summed E-state index contributed by atoms with van der Waals surface area (Å²) in [6.45, 7) is 2.92. The summed E-state index contributed by atoms with van der Waals surface area (Å²) in [7, 11) is -7.28. The Balaban J connectivity index is 2.97. The average molecular weight is 264 g/mol. The van der Waals surface area contributed by atoms with Crippen molar-refractivity contribution in [1.29, 1.82) is 0 Å². The highest BCUT2D eigenvalue weighted by molar-refractivity contribution is 8.21. The lowest BCUT2D eigenvalue weighted by atomic mass is 10.2. The fourth-order valence-electron chi connectivity index (χ4n) is 1.43. The van der Waals surface area contributed by atoms with Crippen LogP contribution in [0.1, 0.15) is 5.56 Å². The second-order valence-electron chi connectivity index (χ2n) is 4.23. The fourth-order valence-corrected chi connectivity index (χ4v) is 5.88. The number of hydrogen-bond donors (Lipinski definition) is 0. The third kappa shape index (κ3) is 2.68. The third-order valence-electron chi connectivity index (χ3n) is 2.48. The standard InChI is InChI=1S/C10H14F2O2SSi/c1-16(2,15(13,14)10(11)12)8-9-6-4-3-5-7-9/h3-7,10H,8H2,1-2H3. The summed E-state index contributed by atoms with van der Waals surface area (Å²) < 4.78 is 47.9. The minimum absolute atomic E-state index is 0.223. The van der Waals surface area contributed by atoms with E-state index in [0.717, 1.165) is 5.56 Å². The van der Waals surface area contributed by atoms with E-state index in [1.54, 1.807) is 30.3 Å². The van der Waals surface area contributed by atoms with Gasteiger partial charge in [0.25, 0.3) is 0 Å². The predicted octanol–water partition coefficient (Wildman–Crippen LogP) is 2.61. The van der Waals surface area contributed by atoms with Crippen molar-refractivity contribution in [3.05, 3.63) is 35.9 Å². The Morgan fingerprint density at radius 3 is 2.12 bits per heavy atom. The van der Waals surface area contributed by atoms with Crippen molar-refractivity contribution in [2.24, 2.45) is 0 Å². The first-order valence-electron chi connectivity index (χ1n) is 4.83. The van der Waals surface area contributed by atoms with Crippen molar-refractivity contribution in [3.8, 4) is 0 Å². The molecular weight excluding hydrogens is 250 g/mol. The molecule has 1 rings (SSSR count). The fraction of sp³-hybridized carbons (Fsp3) is 0.400. The van der Waals surface area contributed by atoms with Gasteiger partial charge >= 0.3 is 5.76 Å². The average Bonchev–Trinajstić information content (AvgIpc) is 2.18. The van der Waals surface area contributed by atoms with Crippen LogP contribution in [0.25, 0.3) is 0 Å². The number of alkyl halides is 2. The normalized spacial score (nSPS) is 13.1. The summed E-state index contributed by atoms with van der Waals surface area (Å²) in [5.74, 6) is -3.27. The van der Waals surface area contributed by atoms with Crippen molar-refractivity contribution in [3.63, 3.8) is 0 Å². The first kappa shape index (κ1) is 13.3. The van der Waals surface area contributed by atoms with E-state index in [2.05, 4.69) is 0 Å². The van der Waals surface area contributed by atoms with Crippen LogP contribution in [0.3, 0.4) is 0 Å². The van der Waals surface area contributed by atoms with Crippen LogP contribution in [-0.2, 0) is 15.3 Å². The van der Waals surface area contributed by atoms with Crippen molar-refractivity contribution in [2.45, 2.75) is 24.9 Å². The summed E-state index contributed by atoms with van der Waals surface area (Å²) in [5.41, 5.74) is 0.795. The predicted molar refractivity (Wildman–Crippen MR) is 62.6 cm³/mol. The van der Waals surface area contributed by atoms with Gasteiger partial charge in [0.05, 0.1) is 0 Å². The Labute approximate surface area is 94.9 Å². The minimum atomic E-state index is -4.27. The van der Waals surface area contributed by atoms with Crippen LogP contribution in [0.15, 0.2) is 30.3 Å². The molecule has 0 aliphatic heterocycles. The van der Waals surface area contributed by atoms with Gasteiger partial charge in [0.2, 0.25) is 7.22 Å². The SMILES string of the molecule is C[Si](C)(Cc1ccccc1)S(=O)(=O)C(F)F. The molecule has 0 N–H and O–H groups in total. The van der Waals surface area contributed by atoms with Crippen LogP contribution in [-0.4, -0.2) is 21.4 Å². The molecule has 1 aromatic rings. The van der Waals surface area contributed by atoms with Gasteiger partial charge in [-0.1, -0.05) is 43.4 Å². The molecule has 6 heteroatoms.